The average molecular weight is 362 g/mol. The first-order valence-corrected chi connectivity index (χ1v) is 7.11. The van der Waals surface area contributed by atoms with Crippen LogP contribution in [0.4, 0.5) is 0 Å². The van der Waals surface area contributed by atoms with E-state index in [1.54, 1.807) is 30.3 Å². The lowest BCUT2D eigenvalue weighted by atomic mass is 10.2. The predicted molar refractivity (Wildman–Crippen MR) is 80.9 cm³/mol. The van der Waals surface area contributed by atoms with Gasteiger partial charge < -0.3 is 9.84 Å². The molecule has 19 heavy (non-hydrogen) atoms. The maximum absolute atomic E-state index is 9.04. The highest BCUT2D eigenvalue weighted by Gasteiger charge is 2.08. The lowest BCUT2D eigenvalue weighted by Gasteiger charge is -2.11. The number of hydrogen-bond acceptors (Lipinski definition) is 2. The first kappa shape index (κ1) is 14.7. The Bertz CT molecular complexity index is 567. The van der Waals surface area contributed by atoms with Crippen molar-refractivity contribution >= 4 is 39.1 Å². The van der Waals surface area contributed by atoms with Crippen molar-refractivity contribution in [3.05, 3.63) is 62.0 Å². The van der Waals surface area contributed by atoms with Gasteiger partial charge in [0, 0.05) is 15.6 Å². The maximum Gasteiger partial charge on any atom is 0.134 e. The average Bonchev–Trinajstić information content (AvgIpc) is 2.39. The zero-order chi connectivity index (χ0) is 13.8. The molecule has 2 aromatic rings. The molecule has 0 aliphatic heterocycles. The molecule has 0 saturated carbocycles. The predicted octanol–water partition coefficient (Wildman–Crippen LogP) is 4.83. The van der Waals surface area contributed by atoms with Crippen molar-refractivity contribution in [1.82, 2.24) is 0 Å². The Morgan fingerprint density at radius 2 is 1.79 bits per heavy atom. The minimum atomic E-state index is -0.00474. The van der Waals surface area contributed by atoms with E-state index in [2.05, 4.69) is 15.9 Å². The standard InChI is InChI=1S/C14H11BrCl2O2/c15-11-6-9(7-18)4-5-14(11)19-8-10-12(16)2-1-3-13(10)17/h1-6,18H,7-8H2. The van der Waals surface area contributed by atoms with Crippen LogP contribution < -0.4 is 4.74 Å². The van der Waals surface area contributed by atoms with Crippen LogP contribution in [0.15, 0.2) is 40.9 Å². The molecule has 1 N–H and O–H groups in total. The lowest BCUT2D eigenvalue weighted by molar-refractivity contribution is 0.280. The van der Waals surface area contributed by atoms with Gasteiger partial charge in [0.1, 0.15) is 12.4 Å². The summed E-state index contributed by atoms with van der Waals surface area (Å²) >= 11 is 15.5. The van der Waals surface area contributed by atoms with Crippen LogP contribution in [0.1, 0.15) is 11.1 Å². The molecule has 0 bridgehead atoms. The Hall–Kier alpha value is -0.740. The molecule has 0 heterocycles. The van der Waals surface area contributed by atoms with Crippen molar-refractivity contribution in [1.29, 1.82) is 0 Å². The highest BCUT2D eigenvalue weighted by Crippen LogP contribution is 2.29. The van der Waals surface area contributed by atoms with Gasteiger partial charge in [0.05, 0.1) is 11.1 Å². The van der Waals surface area contributed by atoms with Crippen molar-refractivity contribution in [2.24, 2.45) is 0 Å². The number of hydrogen-bond donors (Lipinski definition) is 1. The van der Waals surface area contributed by atoms with Gasteiger partial charge in [-0.3, -0.25) is 0 Å². The summed E-state index contributed by atoms with van der Waals surface area (Å²) in [6, 6.07) is 10.7. The van der Waals surface area contributed by atoms with Gasteiger partial charge in [-0.15, -0.1) is 0 Å². The van der Waals surface area contributed by atoms with Crippen LogP contribution >= 0.6 is 39.1 Å². The van der Waals surface area contributed by atoms with Crippen LogP contribution in [0.25, 0.3) is 0 Å². The van der Waals surface area contributed by atoms with E-state index in [0.29, 0.717) is 15.8 Å². The van der Waals surface area contributed by atoms with Gasteiger partial charge in [-0.2, -0.15) is 0 Å². The van der Waals surface area contributed by atoms with Gasteiger partial charge in [-0.1, -0.05) is 35.3 Å². The normalized spacial score (nSPS) is 10.5. The highest BCUT2D eigenvalue weighted by atomic mass is 79.9. The first-order valence-electron chi connectivity index (χ1n) is 5.57. The third-order valence-corrected chi connectivity index (χ3v) is 3.94. The summed E-state index contributed by atoms with van der Waals surface area (Å²) < 4.78 is 6.47. The minimum absolute atomic E-state index is 0.00474. The van der Waals surface area contributed by atoms with Crippen LogP contribution in [0, 0.1) is 0 Å². The highest BCUT2D eigenvalue weighted by molar-refractivity contribution is 9.10. The van der Waals surface area contributed by atoms with Crippen LogP contribution in [0.3, 0.4) is 0 Å². The number of rotatable bonds is 4. The van der Waals surface area contributed by atoms with E-state index in [1.807, 2.05) is 6.07 Å². The molecule has 0 aliphatic carbocycles. The molecular weight excluding hydrogens is 351 g/mol. The van der Waals surface area contributed by atoms with Crippen molar-refractivity contribution in [3.63, 3.8) is 0 Å². The van der Waals surface area contributed by atoms with E-state index in [-0.39, 0.29) is 13.2 Å². The molecule has 100 valence electrons. The fourth-order valence-electron chi connectivity index (χ4n) is 1.58. The van der Waals surface area contributed by atoms with E-state index in [1.165, 1.54) is 0 Å². The molecule has 5 heteroatoms. The van der Waals surface area contributed by atoms with Crippen LogP contribution in [-0.4, -0.2) is 5.11 Å². The quantitative estimate of drug-likeness (QED) is 0.845. The Morgan fingerprint density at radius 1 is 1.11 bits per heavy atom. The molecule has 0 aromatic heterocycles. The Labute approximate surface area is 130 Å². The maximum atomic E-state index is 9.04. The smallest absolute Gasteiger partial charge is 0.134 e. The van der Waals surface area contributed by atoms with Crippen molar-refractivity contribution in [2.75, 3.05) is 0 Å². The molecule has 2 aromatic carbocycles. The third-order valence-electron chi connectivity index (χ3n) is 2.61. The van der Waals surface area contributed by atoms with Gasteiger partial charge in [0.25, 0.3) is 0 Å². The zero-order valence-electron chi connectivity index (χ0n) is 9.87. The van der Waals surface area contributed by atoms with Crippen LogP contribution in [0.2, 0.25) is 10.0 Å². The van der Waals surface area contributed by atoms with Crippen molar-refractivity contribution in [3.8, 4) is 5.75 Å². The molecule has 2 rings (SSSR count). The monoisotopic (exact) mass is 360 g/mol. The molecule has 0 radical (unpaired) electrons. The Balaban J connectivity index is 2.15. The van der Waals surface area contributed by atoms with E-state index in [0.717, 1.165) is 15.6 Å². The second kappa shape index (κ2) is 6.62. The molecule has 0 fully saturated rings. The second-order valence-electron chi connectivity index (χ2n) is 3.91. The van der Waals surface area contributed by atoms with Gasteiger partial charge in [-0.05, 0) is 45.8 Å². The molecule has 0 aliphatic rings. The van der Waals surface area contributed by atoms with E-state index in [4.69, 9.17) is 33.0 Å². The lowest BCUT2D eigenvalue weighted by Crippen LogP contribution is -1.98. The Kier molecular flexibility index (Phi) is 5.11. The second-order valence-corrected chi connectivity index (χ2v) is 5.58. The van der Waals surface area contributed by atoms with Gasteiger partial charge in [0.15, 0.2) is 0 Å². The largest absolute Gasteiger partial charge is 0.488 e. The van der Waals surface area contributed by atoms with Crippen LogP contribution in [-0.2, 0) is 13.2 Å². The molecule has 0 atom stereocenters. The summed E-state index contributed by atoms with van der Waals surface area (Å²) in [7, 11) is 0. The first-order chi connectivity index (χ1) is 9.11. The van der Waals surface area contributed by atoms with Gasteiger partial charge in [-0.25, -0.2) is 0 Å². The molecule has 0 amide bonds. The molecule has 0 saturated heterocycles. The zero-order valence-corrected chi connectivity index (χ0v) is 13.0. The van der Waals surface area contributed by atoms with E-state index < -0.39 is 0 Å². The summed E-state index contributed by atoms with van der Waals surface area (Å²) in [6.45, 7) is 0.283. The SMILES string of the molecule is OCc1ccc(OCc2c(Cl)cccc2Cl)c(Br)c1. The Morgan fingerprint density at radius 3 is 2.37 bits per heavy atom. The summed E-state index contributed by atoms with van der Waals surface area (Å²) in [5.74, 6) is 0.674. The fraction of sp³-hybridized carbons (Fsp3) is 0.143. The molecular formula is C14H11BrCl2O2. The summed E-state index contributed by atoms with van der Waals surface area (Å²) in [4.78, 5) is 0. The topological polar surface area (TPSA) is 29.5 Å². The van der Waals surface area contributed by atoms with E-state index >= 15 is 0 Å². The van der Waals surface area contributed by atoms with Gasteiger partial charge >= 0.3 is 0 Å². The van der Waals surface area contributed by atoms with Crippen molar-refractivity contribution < 1.29 is 9.84 Å². The third kappa shape index (κ3) is 3.63. The number of benzene rings is 2. The minimum Gasteiger partial charge on any atom is -0.488 e. The van der Waals surface area contributed by atoms with Gasteiger partial charge in [0.2, 0.25) is 0 Å². The summed E-state index contributed by atoms with van der Waals surface area (Å²) in [5, 5.41) is 10.2. The molecule has 0 spiro atoms. The number of aliphatic hydroxyl groups excluding tert-OH is 1. The molecule has 2 nitrogen and oxygen atoms in total. The summed E-state index contributed by atoms with van der Waals surface area (Å²) in [6.07, 6.45) is 0. The van der Waals surface area contributed by atoms with Crippen molar-refractivity contribution in [2.45, 2.75) is 13.2 Å². The fourth-order valence-corrected chi connectivity index (χ4v) is 2.63. The molecule has 0 unspecified atom stereocenters. The number of aliphatic hydroxyl groups is 1. The number of ether oxygens (including phenoxy) is 1. The van der Waals surface area contributed by atoms with Crippen LogP contribution in [0.5, 0.6) is 5.75 Å². The number of halogens is 3. The van der Waals surface area contributed by atoms with E-state index in [9.17, 15) is 0 Å². The summed E-state index contributed by atoms with van der Waals surface area (Å²) in [5.41, 5.74) is 1.57.